The molecule has 4 heterocycles. The summed E-state index contributed by atoms with van der Waals surface area (Å²) in [6.07, 6.45) is -10.3. The molecule has 326 valence electrons. The molecule has 0 aromatic heterocycles. The molecule has 0 amide bonds. The lowest BCUT2D eigenvalue weighted by molar-refractivity contribution is -0.420. The maximum absolute atomic E-state index is 12.2. The third kappa shape index (κ3) is 9.89. The van der Waals surface area contributed by atoms with E-state index in [0.29, 0.717) is 5.75 Å². The van der Waals surface area contributed by atoms with Crippen LogP contribution in [0.25, 0.3) is 0 Å². The van der Waals surface area contributed by atoms with Gasteiger partial charge in [0.2, 0.25) is 0 Å². The van der Waals surface area contributed by atoms with Crippen molar-refractivity contribution in [1.82, 2.24) is 0 Å². The molecule has 0 bridgehead atoms. The number of hydrogen-bond donors (Lipinski definition) is 1. The van der Waals surface area contributed by atoms with Gasteiger partial charge in [-0.15, -0.1) is 0 Å². The number of benzene rings is 5. The van der Waals surface area contributed by atoms with Crippen molar-refractivity contribution >= 4 is 0 Å². The molecule has 5 aromatic rings. The van der Waals surface area contributed by atoms with Gasteiger partial charge in [0.25, 0.3) is 0 Å². The second-order valence-electron chi connectivity index (χ2n) is 15.6. The van der Waals surface area contributed by atoms with Gasteiger partial charge in [0, 0.05) is 11.1 Å². The van der Waals surface area contributed by atoms with Crippen molar-refractivity contribution in [2.24, 2.45) is 0 Å². The second-order valence-corrected chi connectivity index (χ2v) is 15.6. The standard InChI is InChI=1S/C49H52O13/c1-51-36-22-18-34(19-23-36)46-56-29-38-41(60-46)40(50)43(53-26-31-12-6-3-7-13-31)48(58-38)62-49-45(55-28-33-16-10-5-11-17-33)44(54-27-32-14-8-4-9-15-32)42-39(59-49)30-57-47(61-42)35-20-24-37(52-2)25-21-35/h3-25,38-50H,26-30H2,1-2H3/t38?,39?,40?,41-,42-,43?,44?,45?,46?,47?,48-,49-/m1/s1. The molecule has 0 saturated carbocycles. The van der Waals surface area contributed by atoms with Crippen LogP contribution in [-0.4, -0.2) is 94.0 Å². The summed E-state index contributed by atoms with van der Waals surface area (Å²) in [7, 11) is 3.24. The Morgan fingerprint density at radius 3 is 1.34 bits per heavy atom. The van der Waals surface area contributed by atoms with Crippen molar-refractivity contribution in [2.75, 3.05) is 27.4 Å². The minimum atomic E-state index is -1.19. The topological polar surface area (TPSA) is 131 Å². The van der Waals surface area contributed by atoms with Gasteiger partial charge in [-0.25, -0.2) is 0 Å². The number of methoxy groups -OCH3 is 2. The molecule has 4 aliphatic heterocycles. The van der Waals surface area contributed by atoms with E-state index in [-0.39, 0.29) is 33.0 Å². The Labute approximate surface area is 361 Å². The summed E-state index contributed by atoms with van der Waals surface area (Å²) in [5.41, 5.74) is 4.40. The number of fused-ring (bicyclic) bond motifs is 2. The molecular formula is C49H52O13. The Bertz CT molecular complexity index is 2110. The van der Waals surface area contributed by atoms with Gasteiger partial charge < -0.3 is 61.9 Å². The molecule has 0 radical (unpaired) electrons. The summed E-state index contributed by atoms with van der Waals surface area (Å²) in [5.74, 6) is 1.42. The molecule has 4 fully saturated rings. The molecule has 4 saturated heterocycles. The first-order chi connectivity index (χ1) is 30.5. The molecule has 62 heavy (non-hydrogen) atoms. The van der Waals surface area contributed by atoms with E-state index in [0.717, 1.165) is 33.6 Å². The van der Waals surface area contributed by atoms with Crippen LogP contribution >= 0.6 is 0 Å². The van der Waals surface area contributed by atoms with Crippen molar-refractivity contribution in [3.8, 4) is 11.5 Å². The highest BCUT2D eigenvalue weighted by Crippen LogP contribution is 2.41. The van der Waals surface area contributed by atoms with E-state index in [1.807, 2.05) is 140 Å². The lowest BCUT2D eigenvalue weighted by atomic mass is 9.96. The van der Waals surface area contributed by atoms with Crippen molar-refractivity contribution in [3.05, 3.63) is 167 Å². The van der Waals surface area contributed by atoms with Gasteiger partial charge in [-0.1, -0.05) is 115 Å². The highest BCUT2D eigenvalue weighted by Gasteiger charge is 2.56. The summed E-state index contributed by atoms with van der Waals surface area (Å²) >= 11 is 0. The van der Waals surface area contributed by atoms with E-state index in [4.69, 9.17) is 56.8 Å². The van der Waals surface area contributed by atoms with E-state index in [9.17, 15) is 5.11 Å². The van der Waals surface area contributed by atoms with Crippen LogP contribution in [0.5, 0.6) is 11.5 Å². The van der Waals surface area contributed by atoms with Gasteiger partial charge in [-0.3, -0.25) is 0 Å². The quantitative estimate of drug-likeness (QED) is 0.118. The summed E-state index contributed by atoms with van der Waals surface area (Å²) in [6.45, 7) is 0.934. The average Bonchev–Trinajstić information content (AvgIpc) is 3.33. The summed E-state index contributed by atoms with van der Waals surface area (Å²) in [6, 6.07) is 44.4. The number of aliphatic hydroxyl groups is 1. The molecule has 9 rings (SSSR count). The highest BCUT2D eigenvalue weighted by molar-refractivity contribution is 5.29. The van der Waals surface area contributed by atoms with Crippen LogP contribution in [0, 0.1) is 0 Å². The molecule has 5 aromatic carbocycles. The van der Waals surface area contributed by atoms with Crippen LogP contribution in [0.4, 0.5) is 0 Å². The summed E-state index contributed by atoms with van der Waals surface area (Å²) in [5, 5.41) is 12.2. The summed E-state index contributed by atoms with van der Waals surface area (Å²) in [4.78, 5) is 0. The van der Waals surface area contributed by atoms with Crippen LogP contribution in [0.3, 0.4) is 0 Å². The Kier molecular flexibility index (Phi) is 13.9. The van der Waals surface area contributed by atoms with Crippen LogP contribution in [0.2, 0.25) is 0 Å². The average molecular weight is 849 g/mol. The molecule has 12 atom stereocenters. The van der Waals surface area contributed by atoms with Gasteiger partial charge in [0.05, 0.1) is 47.3 Å². The lowest BCUT2D eigenvalue weighted by Crippen LogP contribution is -2.67. The number of hydrogen-bond acceptors (Lipinski definition) is 13. The van der Waals surface area contributed by atoms with Crippen molar-refractivity contribution in [2.45, 2.75) is 93.8 Å². The van der Waals surface area contributed by atoms with Gasteiger partial charge >= 0.3 is 0 Å². The zero-order chi connectivity index (χ0) is 42.3. The van der Waals surface area contributed by atoms with Crippen LogP contribution in [0.1, 0.15) is 40.4 Å². The van der Waals surface area contributed by atoms with E-state index in [2.05, 4.69) is 0 Å². The van der Waals surface area contributed by atoms with Crippen LogP contribution < -0.4 is 9.47 Å². The maximum Gasteiger partial charge on any atom is 0.190 e. The fourth-order valence-electron chi connectivity index (χ4n) is 8.17. The van der Waals surface area contributed by atoms with Crippen molar-refractivity contribution in [1.29, 1.82) is 0 Å². The molecule has 1 N–H and O–H groups in total. The predicted molar refractivity (Wildman–Crippen MR) is 223 cm³/mol. The van der Waals surface area contributed by atoms with Gasteiger partial charge in [-0.2, -0.15) is 0 Å². The zero-order valence-electron chi connectivity index (χ0n) is 34.6. The fourth-order valence-corrected chi connectivity index (χ4v) is 8.17. The third-order valence-corrected chi connectivity index (χ3v) is 11.5. The molecule has 13 heteroatoms. The minimum Gasteiger partial charge on any atom is -0.497 e. The van der Waals surface area contributed by atoms with E-state index >= 15 is 0 Å². The first kappa shape index (κ1) is 42.6. The first-order valence-corrected chi connectivity index (χ1v) is 21.0. The molecular weight excluding hydrogens is 797 g/mol. The normalized spacial score (nSPS) is 30.8. The Hall–Kier alpha value is -4.74. The largest absolute Gasteiger partial charge is 0.497 e. The molecule has 13 nitrogen and oxygen atoms in total. The van der Waals surface area contributed by atoms with Crippen molar-refractivity contribution < 1.29 is 61.9 Å². The Balaban J connectivity index is 1.01. The maximum atomic E-state index is 12.2. The first-order valence-electron chi connectivity index (χ1n) is 21.0. The Morgan fingerprint density at radius 1 is 0.468 bits per heavy atom. The molecule has 0 spiro atoms. The van der Waals surface area contributed by atoms with E-state index < -0.39 is 74.0 Å². The van der Waals surface area contributed by atoms with Crippen LogP contribution in [0.15, 0.2) is 140 Å². The highest BCUT2D eigenvalue weighted by atomic mass is 16.8. The predicted octanol–water partition coefficient (Wildman–Crippen LogP) is 6.82. The number of rotatable bonds is 15. The van der Waals surface area contributed by atoms with E-state index in [1.165, 1.54) is 0 Å². The van der Waals surface area contributed by atoms with Gasteiger partial charge in [-0.05, 0) is 41.0 Å². The molecule has 8 unspecified atom stereocenters. The zero-order valence-corrected chi connectivity index (χ0v) is 34.6. The summed E-state index contributed by atoms with van der Waals surface area (Å²) < 4.78 is 76.8. The SMILES string of the molecule is COc1ccc(C2OCC3O[C@H](O[C@H]4OC5COC(c6ccc(OC)cc6)O[C@H]5C(OCc5ccccc5)C4OCc4ccccc4)C(OCc4ccccc4)C(O)[C@@H]3O2)cc1. The minimum absolute atomic E-state index is 0.116. The Morgan fingerprint density at radius 2 is 0.871 bits per heavy atom. The van der Waals surface area contributed by atoms with E-state index in [1.54, 1.807) is 14.2 Å². The van der Waals surface area contributed by atoms with Crippen molar-refractivity contribution in [3.63, 3.8) is 0 Å². The lowest BCUT2D eigenvalue weighted by Gasteiger charge is -2.51. The van der Waals surface area contributed by atoms with Gasteiger partial charge in [0.1, 0.15) is 60.3 Å². The number of ether oxygens (including phenoxy) is 12. The fraction of sp³-hybridized carbons (Fsp3) is 0.388. The molecule has 4 aliphatic rings. The third-order valence-electron chi connectivity index (χ3n) is 11.5. The molecule has 0 aliphatic carbocycles. The second kappa shape index (κ2) is 20.2. The smallest absolute Gasteiger partial charge is 0.190 e. The van der Waals surface area contributed by atoms with Crippen LogP contribution in [-0.2, 0) is 67.2 Å². The van der Waals surface area contributed by atoms with Gasteiger partial charge in [0.15, 0.2) is 25.2 Å². The monoisotopic (exact) mass is 848 g/mol. The number of aliphatic hydroxyl groups excluding tert-OH is 1.